The van der Waals surface area contributed by atoms with Crippen LogP contribution in [-0.2, 0) is 16.1 Å². The Balaban J connectivity index is 1.89. The van der Waals surface area contributed by atoms with E-state index in [4.69, 9.17) is 0 Å². The second kappa shape index (κ2) is 2.82. The van der Waals surface area contributed by atoms with Crippen molar-refractivity contribution in [1.82, 2.24) is 0 Å². The van der Waals surface area contributed by atoms with Crippen LogP contribution in [0.2, 0.25) is 9.62 Å². The van der Waals surface area contributed by atoms with E-state index in [9.17, 15) is 0 Å². The van der Waals surface area contributed by atoms with Gasteiger partial charge in [0.05, 0.1) is 0 Å². The van der Waals surface area contributed by atoms with Gasteiger partial charge >= 0.3 is 82.9 Å². The van der Waals surface area contributed by atoms with Gasteiger partial charge in [0.15, 0.2) is 0 Å². The van der Waals surface area contributed by atoms with Crippen LogP contribution >= 0.6 is 0 Å². The van der Waals surface area contributed by atoms with Gasteiger partial charge < -0.3 is 0 Å². The standard InChI is InChI=1S/2C5H5.C2H4.Mo/c2*1-2-4-5-3-1;1-2;/h2*1-3H,4H2;1-2H2;. The number of allylic oxidation sites excluding steroid dienone is 8. The van der Waals surface area contributed by atoms with Crippen molar-refractivity contribution in [2.45, 2.75) is 22.5 Å². The third kappa shape index (κ3) is 1.15. The quantitative estimate of drug-likeness (QED) is 0.659. The van der Waals surface area contributed by atoms with Crippen molar-refractivity contribution in [2.75, 3.05) is 0 Å². The molecule has 1 saturated heterocycles. The number of hydrogen-bond donors (Lipinski definition) is 0. The topological polar surface area (TPSA) is 0 Å². The summed E-state index contributed by atoms with van der Waals surface area (Å²) in [5.74, 6) is 0. The first-order valence-electron chi connectivity index (χ1n) is 4.92. The molecule has 0 saturated carbocycles. The van der Waals surface area contributed by atoms with Gasteiger partial charge in [0.25, 0.3) is 0 Å². The zero-order valence-electron chi connectivity index (χ0n) is 7.70. The molecular weight excluding hydrogens is 240 g/mol. The van der Waals surface area contributed by atoms with E-state index >= 15 is 0 Å². The molecule has 0 bridgehead atoms. The maximum absolute atomic E-state index is 2.41. The Bertz CT molecular complexity index is 319. The summed E-state index contributed by atoms with van der Waals surface area (Å²) in [6, 6.07) is 0. The Morgan fingerprint density at radius 3 is 1.69 bits per heavy atom. The molecule has 0 aromatic carbocycles. The number of rotatable bonds is 2. The molecule has 68 valence electrons. The van der Waals surface area contributed by atoms with Crippen LogP contribution in [0, 0.1) is 0 Å². The molecule has 0 aromatic rings. The molecule has 0 aromatic heterocycles. The van der Waals surface area contributed by atoms with Crippen LogP contribution in [0.5, 0.6) is 0 Å². The molecule has 0 amide bonds. The molecular formula is C12H14Mo. The SMILES string of the molecule is C1=CC[C]([Mo]2([C]3=CC=CC3)[CH2][CH2]2)=C1. The third-order valence-electron chi connectivity index (χ3n) is 3.09. The van der Waals surface area contributed by atoms with Gasteiger partial charge in [-0.2, -0.15) is 0 Å². The summed E-state index contributed by atoms with van der Waals surface area (Å²) in [4.78, 5) is 3.15. The molecule has 0 radical (unpaired) electrons. The van der Waals surface area contributed by atoms with Gasteiger partial charge in [0.2, 0.25) is 0 Å². The molecule has 0 atom stereocenters. The van der Waals surface area contributed by atoms with Gasteiger partial charge in [-0.15, -0.1) is 0 Å². The molecule has 1 heterocycles. The first kappa shape index (κ1) is 8.00. The summed E-state index contributed by atoms with van der Waals surface area (Å²) in [7, 11) is 0. The summed E-state index contributed by atoms with van der Waals surface area (Å²) >= 11 is -1.54. The van der Waals surface area contributed by atoms with Crippen LogP contribution in [0.3, 0.4) is 0 Å². The van der Waals surface area contributed by atoms with E-state index in [1.165, 1.54) is 12.8 Å². The van der Waals surface area contributed by atoms with Crippen LogP contribution in [0.4, 0.5) is 0 Å². The molecule has 2 aliphatic carbocycles. The van der Waals surface area contributed by atoms with Crippen LogP contribution in [0.25, 0.3) is 0 Å². The van der Waals surface area contributed by atoms with Gasteiger partial charge in [0, 0.05) is 0 Å². The summed E-state index contributed by atoms with van der Waals surface area (Å²) in [5, 5.41) is 0. The third-order valence-corrected chi connectivity index (χ3v) is 12.5. The molecule has 0 nitrogen and oxygen atoms in total. The molecule has 1 heteroatoms. The molecule has 13 heavy (non-hydrogen) atoms. The first-order chi connectivity index (χ1) is 6.42. The van der Waals surface area contributed by atoms with E-state index in [0.717, 1.165) is 0 Å². The Morgan fingerprint density at radius 1 is 0.846 bits per heavy atom. The monoisotopic (exact) mass is 256 g/mol. The van der Waals surface area contributed by atoms with E-state index in [0.29, 0.717) is 0 Å². The van der Waals surface area contributed by atoms with Crippen molar-refractivity contribution in [3.63, 3.8) is 0 Å². The van der Waals surface area contributed by atoms with E-state index in [1.54, 1.807) is 9.62 Å². The Hall–Kier alpha value is -0.352. The number of hydrogen-bond acceptors (Lipinski definition) is 0. The fraction of sp³-hybridized carbons (Fsp3) is 0.333. The van der Waals surface area contributed by atoms with E-state index in [2.05, 4.69) is 36.5 Å². The second-order valence-electron chi connectivity index (χ2n) is 3.82. The van der Waals surface area contributed by atoms with Crippen LogP contribution < -0.4 is 0 Å². The second-order valence-corrected chi connectivity index (χ2v) is 12.8. The summed E-state index contributed by atoms with van der Waals surface area (Å²) in [5.41, 5.74) is 0. The van der Waals surface area contributed by atoms with Crippen molar-refractivity contribution in [3.8, 4) is 0 Å². The fourth-order valence-electron chi connectivity index (χ4n) is 2.21. The van der Waals surface area contributed by atoms with Crippen LogP contribution in [0.15, 0.2) is 44.4 Å². The van der Waals surface area contributed by atoms with E-state index < -0.39 is 16.1 Å². The van der Waals surface area contributed by atoms with Crippen molar-refractivity contribution >= 4 is 0 Å². The predicted molar refractivity (Wildman–Crippen MR) is 53.3 cm³/mol. The minimum atomic E-state index is -1.54. The van der Waals surface area contributed by atoms with Gasteiger partial charge in [-0.3, -0.25) is 0 Å². The van der Waals surface area contributed by atoms with Gasteiger partial charge in [-0.1, -0.05) is 0 Å². The fourth-order valence-corrected chi connectivity index (χ4v) is 12.2. The van der Waals surface area contributed by atoms with Gasteiger partial charge in [-0.05, 0) is 0 Å². The summed E-state index contributed by atoms with van der Waals surface area (Å²) in [6.07, 6.45) is 16.5. The summed E-state index contributed by atoms with van der Waals surface area (Å²) < 4.78 is 3.69. The van der Waals surface area contributed by atoms with E-state index in [-0.39, 0.29) is 0 Å². The predicted octanol–water partition coefficient (Wildman–Crippen LogP) is 3.68. The molecule has 0 unspecified atom stereocenters. The zero-order valence-corrected chi connectivity index (χ0v) is 9.71. The summed E-state index contributed by atoms with van der Waals surface area (Å²) in [6.45, 7) is 0. The molecule has 1 aliphatic heterocycles. The normalized spacial score (nSPS) is 30.2. The van der Waals surface area contributed by atoms with Crippen molar-refractivity contribution in [3.05, 3.63) is 44.4 Å². The van der Waals surface area contributed by atoms with Crippen LogP contribution in [-0.4, -0.2) is 0 Å². The first-order valence-corrected chi connectivity index (χ1v) is 9.77. The average Bonchev–Trinajstić information content (AvgIpc) is 2.68. The molecule has 1 fully saturated rings. The van der Waals surface area contributed by atoms with Gasteiger partial charge in [0.1, 0.15) is 0 Å². The van der Waals surface area contributed by atoms with Crippen molar-refractivity contribution < 1.29 is 16.1 Å². The Kier molecular flexibility index (Phi) is 1.73. The molecule has 3 aliphatic rings. The van der Waals surface area contributed by atoms with Crippen molar-refractivity contribution in [2.24, 2.45) is 0 Å². The van der Waals surface area contributed by atoms with Crippen LogP contribution in [0.1, 0.15) is 12.8 Å². The average molecular weight is 254 g/mol. The Labute approximate surface area is 82.9 Å². The molecule has 0 spiro atoms. The molecule has 0 N–H and O–H groups in total. The zero-order chi connectivity index (χ0) is 8.73. The minimum absolute atomic E-state index is 1.28. The van der Waals surface area contributed by atoms with Gasteiger partial charge in [-0.25, -0.2) is 0 Å². The molecule has 3 rings (SSSR count). The van der Waals surface area contributed by atoms with Crippen molar-refractivity contribution in [1.29, 1.82) is 0 Å². The maximum atomic E-state index is 2.41. The van der Waals surface area contributed by atoms with E-state index in [1.807, 2.05) is 7.93 Å². The Morgan fingerprint density at radius 2 is 1.38 bits per heavy atom.